The fourth-order valence-corrected chi connectivity index (χ4v) is 1.42. The van der Waals surface area contributed by atoms with Gasteiger partial charge >= 0.3 is 58.4 Å². The molecule has 0 saturated heterocycles. The average molecular weight is 270 g/mol. The summed E-state index contributed by atoms with van der Waals surface area (Å²) in [6.45, 7) is -5.06. The van der Waals surface area contributed by atoms with Crippen LogP contribution in [0.4, 0.5) is 12.9 Å². The van der Waals surface area contributed by atoms with Crippen molar-refractivity contribution in [1.82, 2.24) is 19.3 Å². The predicted octanol–water partition coefficient (Wildman–Crippen LogP) is -2.48. The first-order chi connectivity index (χ1) is 7.38. The Bertz CT molecular complexity index is 593. The van der Waals surface area contributed by atoms with Gasteiger partial charge in [-0.3, -0.25) is 9.48 Å². The Labute approximate surface area is 136 Å². The van der Waals surface area contributed by atoms with Gasteiger partial charge in [-0.15, -0.1) is 0 Å². The third kappa shape index (κ3) is 3.19. The van der Waals surface area contributed by atoms with Gasteiger partial charge < -0.3 is 17.5 Å². The van der Waals surface area contributed by atoms with Crippen LogP contribution in [0.1, 0.15) is 0 Å². The first-order valence-corrected chi connectivity index (χ1v) is 4.46. The Kier molecular flexibility index (Phi) is 4.58. The monoisotopic (exact) mass is 270 g/mol. The molecule has 10 heteroatoms. The molecule has 0 aliphatic carbocycles. The first kappa shape index (κ1) is 14.9. The average Bonchev–Trinajstić information content (AvgIpc) is 2.52. The van der Waals surface area contributed by atoms with Crippen molar-refractivity contribution in [3.05, 3.63) is 22.9 Å². The van der Waals surface area contributed by atoms with Crippen LogP contribution in [0.2, 0.25) is 0 Å². The first-order valence-electron chi connectivity index (χ1n) is 4.46. The molecule has 0 spiro atoms. The standard InChI is InChI=1S/C7H7BF3N4O.K/c1-14-6-5(2-13-14)7(16)15(4-12-6)3-8(9,10)11;/h2,4H,3H2,1H3;/q-1;+1. The molecule has 0 atom stereocenters. The van der Waals surface area contributed by atoms with Crippen LogP contribution in [0.5, 0.6) is 0 Å². The van der Waals surface area contributed by atoms with Gasteiger partial charge in [-0.25, -0.2) is 4.98 Å². The van der Waals surface area contributed by atoms with Crippen molar-refractivity contribution < 1.29 is 64.3 Å². The molecule has 2 rings (SSSR count). The van der Waals surface area contributed by atoms with E-state index in [0.29, 0.717) is 4.57 Å². The normalized spacial score (nSPS) is 11.5. The van der Waals surface area contributed by atoms with E-state index in [2.05, 4.69) is 10.1 Å². The van der Waals surface area contributed by atoms with Crippen molar-refractivity contribution in [3.8, 4) is 0 Å². The molecule has 2 aromatic rings. The molecule has 0 bridgehead atoms. The van der Waals surface area contributed by atoms with Gasteiger partial charge in [0.05, 0.1) is 12.5 Å². The zero-order valence-electron chi connectivity index (χ0n) is 9.27. The quantitative estimate of drug-likeness (QED) is 0.568. The molecule has 2 aromatic heterocycles. The second kappa shape index (κ2) is 5.23. The topological polar surface area (TPSA) is 52.7 Å². The van der Waals surface area contributed by atoms with Crippen LogP contribution in [0.3, 0.4) is 0 Å². The second-order valence-electron chi connectivity index (χ2n) is 3.42. The summed E-state index contributed by atoms with van der Waals surface area (Å²) in [5.41, 5.74) is -0.451. The van der Waals surface area contributed by atoms with Crippen molar-refractivity contribution in [3.63, 3.8) is 0 Å². The number of halogens is 3. The fourth-order valence-electron chi connectivity index (χ4n) is 1.42. The minimum absolute atomic E-state index is 0. The number of rotatable bonds is 2. The minimum atomic E-state index is -5.06. The summed E-state index contributed by atoms with van der Waals surface area (Å²) in [5, 5.41) is 3.85. The zero-order valence-corrected chi connectivity index (χ0v) is 12.4. The molecule has 0 saturated carbocycles. The summed E-state index contributed by atoms with van der Waals surface area (Å²) < 4.78 is 38.4. The minimum Gasteiger partial charge on any atom is -0.448 e. The van der Waals surface area contributed by atoms with Gasteiger partial charge in [0.2, 0.25) is 0 Å². The third-order valence-corrected chi connectivity index (χ3v) is 2.12. The van der Waals surface area contributed by atoms with Crippen LogP contribution in [0.15, 0.2) is 17.3 Å². The molecule has 0 fully saturated rings. The van der Waals surface area contributed by atoms with E-state index >= 15 is 0 Å². The number of aromatic nitrogens is 4. The Morgan fingerprint density at radius 3 is 2.65 bits per heavy atom. The van der Waals surface area contributed by atoms with Crippen LogP contribution in [-0.2, 0) is 13.5 Å². The SMILES string of the molecule is Cn1ncc2c(=O)n(C[B-](F)(F)F)cnc21.[K+]. The second-order valence-corrected chi connectivity index (χ2v) is 3.42. The van der Waals surface area contributed by atoms with Gasteiger partial charge in [-0.2, -0.15) is 5.10 Å². The maximum Gasteiger partial charge on any atom is 1.00 e. The van der Waals surface area contributed by atoms with Crippen molar-refractivity contribution in [2.75, 3.05) is 0 Å². The van der Waals surface area contributed by atoms with E-state index in [1.165, 1.54) is 10.9 Å². The molecule has 0 unspecified atom stereocenters. The van der Waals surface area contributed by atoms with Crippen molar-refractivity contribution >= 4 is 18.0 Å². The summed E-state index contributed by atoms with van der Waals surface area (Å²) in [6.07, 6.45) is 0.822. The molecule has 5 nitrogen and oxygen atoms in total. The zero-order chi connectivity index (χ0) is 11.9. The fraction of sp³-hybridized carbons (Fsp3) is 0.286. The van der Waals surface area contributed by atoms with Crippen molar-refractivity contribution in [2.45, 2.75) is 6.44 Å². The summed E-state index contributed by atoms with van der Waals surface area (Å²) in [4.78, 5) is 15.4. The molecule has 17 heavy (non-hydrogen) atoms. The van der Waals surface area contributed by atoms with E-state index in [-0.39, 0.29) is 62.4 Å². The van der Waals surface area contributed by atoms with E-state index in [4.69, 9.17) is 0 Å². The Balaban J connectivity index is 0.00000144. The number of nitrogens with zero attached hydrogens (tertiary/aromatic N) is 4. The van der Waals surface area contributed by atoms with Crippen LogP contribution in [0.25, 0.3) is 11.0 Å². The molecule has 86 valence electrons. The van der Waals surface area contributed by atoms with E-state index in [9.17, 15) is 17.7 Å². The summed E-state index contributed by atoms with van der Waals surface area (Å²) in [5.74, 6) is 0. The Morgan fingerprint density at radius 1 is 1.41 bits per heavy atom. The van der Waals surface area contributed by atoms with Gasteiger partial charge in [0.1, 0.15) is 5.39 Å². The van der Waals surface area contributed by atoms with E-state index in [0.717, 1.165) is 6.33 Å². The van der Waals surface area contributed by atoms with Crippen LogP contribution >= 0.6 is 0 Å². The van der Waals surface area contributed by atoms with Crippen LogP contribution < -0.4 is 56.9 Å². The Hall–Kier alpha value is -0.159. The van der Waals surface area contributed by atoms with Crippen molar-refractivity contribution in [2.24, 2.45) is 7.05 Å². The molecular formula is C7H7BF3KN4O. The number of aryl methyl sites for hydroxylation is 1. The van der Waals surface area contributed by atoms with Crippen LogP contribution in [-0.4, -0.2) is 26.3 Å². The van der Waals surface area contributed by atoms with E-state index in [1.54, 1.807) is 7.05 Å². The number of hydrogen-bond donors (Lipinski definition) is 0. The summed E-state index contributed by atoms with van der Waals surface area (Å²) in [7, 11) is 1.56. The van der Waals surface area contributed by atoms with Gasteiger partial charge in [0.25, 0.3) is 5.56 Å². The maximum absolute atomic E-state index is 12.2. The number of fused-ring (bicyclic) bond motifs is 1. The molecule has 0 amide bonds. The molecule has 0 radical (unpaired) electrons. The molecule has 0 aromatic carbocycles. The smallest absolute Gasteiger partial charge is 0.448 e. The van der Waals surface area contributed by atoms with Gasteiger partial charge in [-0.05, 0) is 6.44 Å². The maximum atomic E-state index is 12.2. The molecular weight excluding hydrogens is 263 g/mol. The van der Waals surface area contributed by atoms with E-state index in [1.807, 2.05) is 0 Å². The predicted molar refractivity (Wildman–Crippen MR) is 51.8 cm³/mol. The van der Waals surface area contributed by atoms with Gasteiger partial charge in [0.15, 0.2) is 5.65 Å². The molecule has 2 heterocycles. The molecule has 0 aliphatic heterocycles. The molecule has 0 aliphatic rings. The third-order valence-electron chi connectivity index (χ3n) is 2.12. The van der Waals surface area contributed by atoms with E-state index < -0.39 is 19.0 Å². The Morgan fingerprint density at radius 2 is 2.06 bits per heavy atom. The summed E-state index contributed by atoms with van der Waals surface area (Å²) >= 11 is 0. The van der Waals surface area contributed by atoms with Crippen LogP contribution in [0, 0.1) is 0 Å². The van der Waals surface area contributed by atoms with Gasteiger partial charge in [-0.1, -0.05) is 0 Å². The molecule has 0 N–H and O–H groups in total. The largest absolute Gasteiger partial charge is 1.00 e. The summed E-state index contributed by atoms with van der Waals surface area (Å²) in [6, 6.07) is 0. The van der Waals surface area contributed by atoms with Crippen molar-refractivity contribution in [1.29, 1.82) is 0 Å². The number of hydrogen-bond acceptors (Lipinski definition) is 3. The van der Waals surface area contributed by atoms with Gasteiger partial charge in [0, 0.05) is 7.05 Å².